The van der Waals surface area contributed by atoms with Crippen LogP contribution >= 0.6 is 0 Å². The first-order valence-corrected chi connectivity index (χ1v) is 11.9. The molecule has 0 radical (unpaired) electrons. The number of benzene rings is 3. The van der Waals surface area contributed by atoms with Crippen LogP contribution in [0.4, 0.5) is 0 Å². The Balaban J connectivity index is 1.53. The third kappa shape index (κ3) is 4.45. The summed E-state index contributed by atoms with van der Waals surface area (Å²) in [6.45, 7) is 7.08. The van der Waals surface area contributed by atoms with Gasteiger partial charge in [-0.1, -0.05) is 54.1 Å². The molecular formula is C28H27N5O3. The van der Waals surface area contributed by atoms with E-state index >= 15 is 0 Å². The lowest BCUT2D eigenvalue weighted by Crippen LogP contribution is -2.24. The van der Waals surface area contributed by atoms with Crippen molar-refractivity contribution in [2.24, 2.45) is 0 Å². The van der Waals surface area contributed by atoms with E-state index in [2.05, 4.69) is 15.4 Å². The van der Waals surface area contributed by atoms with E-state index in [9.17, 15) is 9.59 Å². The lowest BCUT2D eigenvalue weighted by Gasteiger charge is -2.12. The fraction of sp³-hybridized carbons (Fsp3) is 0.214. The molecule has 0 aliphatic rings. The van der Waals surface area contributed by atoms with Gasteiger partial charge < -0.3 is 10.1 Å². The zero-order chi connectivity index (χ0) is 25.2. The molecule has 8 nitrogen and oxygen atoms in total. The van der Waals surface area contributed by atoms with Crippen molar-refractivity contribution in [1.82, 2.24) is 24.5 Å². The average molecular weight is 482 g/mol. The Labute approximate surface area is 208 Å². The Morgan fingerprint density at radius 3 is 2.50 bits per heavy atom. The molecule has 0 atom stereocenters. The van der Waals surface area contributed by atoms with Crippen molar-refractivity contribution in [2.75, 3.05) is 6.61 Å². The second kappa shape index (κ2) is 9.65. The molecule has 8 heteroatoms. The third-order valence-electron chi connectivity index (χ3n) is 6.07. The van der Waals surface area contributed by atoms with Crippen molar-refractivity contribution in [3.05, 3.63) is 105 Å². The number of aryl methyl sites for hydroxylation is 2. The van der Waals surface area contributed by atoms with Crippen LogP contribution in [0.2, 0.25) is 0 Å². The number of rotatable bonds is 7. The Hall–Kier alpha value is -4.46. The summed E-state index contributed by atoms with van der Waals surface area (Å²) in [7, 11) is 0. The summed E-state index contributed by atoms with van der Waals surface area (Å²) in [4.78, 5) is 30.9. The summed E-state index contributed by atoms with van der Waals surface area (Å²) in [6.07, 6.45) is 0. The van der Waals surface area contributed by atoms with Crippen LogP contribution in [0.1, 0.15) is 39.8 Å². The van der Waals surface area contributed by atoms with E-state index < -0.39 is 5.91 Å². The fourth-order valence-corrected chi connectivity index (χ4v) is 4.21. The maximum Gasteiger partial charge on any atom is 0.296 e. The smallest absolute Gasteiger partial charge is 0.296 e. The largest absolute Gasteiger partial charge is 0.494 e. The number of hydrogen-bond acceptors (Lipinski definition) is 5. The lowest BCUT2D eigenvalue weighted by atomic mass is 10.1. The van der Waals surface area contributed by atoms with E-state index in [1.54, 1.807) is 4.57 Å². The number of para-hydroxylation sites is 1. The minimum Gasteiger partial charge on any atom is -0.494 e. The number of nitrogens with one attached hydrogen (secondary N) is 1. The maximum absolute atomic E-state index is 13.5. The number of amides is 1. The van der Waals surface area contributed by atoms with Crippen molar-refractivity contribution in [1.29, 1.82) is 0 Å². The van der Waals surface area contributed by atoms with Gasteiger partial charge in [-0.15, -0.1) is 5.10 Å². The molecule has 2 aromatic heterocycles. The van der Waals surface area contributed by atoms with Crippen LogP contribution in [-0.2, 0) is 13.1 Å². The highest BCUT2D eigenvalue weighted by molar-refractivity contribution is 5.91. The first-order chi connectivity index (χ1) is 17.4. The quantitative estimate of drug-likeness (QED) is 0.379. The van der Waals surface area contributed by atoms with Crippen LogP contribution in [0.5, 0.6) is 5.75 Å². The summed E-state index contributed by atoms with van der Waals surface area (Å²) in [5.74, 6) is 0.189. The van der Waals surface area contributed by atoms with Gasteiger partial charge in [-0.2, -0.15) is 4.98 Å². The van der Waals surface area contributed by atoms with Crippen molar-refractivity contribution < 1.29 is 9.53 Å². The molecule has 0 fully saturated rings. The summed E-state index contributed by atoms with van der Waals surface area (Å²) in [5, 5.41) is 7.26. The number of fused-ring (bicyclic) bond motifs is 3. The van der Waals surface area contributed by atoms with E-state index in [-0.39, 0.29) is 23.6 Å². The highest BCUT2D eigenvalue weighted by atomic mass is 16.5. The molecule has 0 aliphatic heterocycles. The van der Waals surface area contributed by atoms with Crippen LogP contribution in [0.3, 0.4) is 0 Å². The first-order valence-electron chi connectivity index (χ1n) is 11.9. The van der Waals surface area contributed by atoms with E-state index in [4.69, 9.17) is 4.74 Å². The molecule has 0 saturated carbocycles. The fourth-order valence-electron chi connectivity index (χ4n) is 4.21. The van der Waals surface area contributed by atoms with Crippen molar-refractivity contribution in [3.63, 3.8) is 0 Å². The van der Waals surface area contributed by atoms with Gasteiger partial charge in [0.1, 0.15) is 5.75 Å². The predicted octanol–water partition coefficient (Wildman–Crippen LogP) is 4.04. The van der Waals surface area contributed by atoms with Gasteiger partial charge in [-0.3, -0.25) is 14.2 Å². The van der Waals surface area contributed by atoms with Gasteiger partial charge in [0, 0.05) is 12.1 Å². The predicted molar refractivity (Wildman–Crippen MR) is 139 cm³/mol. The van der Waals surface area contributed by atoms with Gasteiger partial charge in [0.15, 0.2) is 0 Å². The van der Waals surface area contributed by atoms with Gasteiger partial charge in [0.2, 0.25) is 11.5 Å². The molecular weight excluding hydrogens is 454 g/mol. The summed E-state index contributed by atoms with van der Waals surface area (Å²) in [6, 6.07) is 21.4. The van der Waals surface area contributed by atoms with Crippen LogP contribution in [0.25, 0.3) is 16.7 Å². The zero-order valence-electron chi connectivity index (χ0n) is 20.5. The van der Waals surface area contributed by atoms with E-state index in [1.165, 1.54) is 4.52 Å². The number of nitrogens with zero attached hydrogens (tertiary/aromatic N) is 4. The molecule has 0 spiro atoms. The van der Waals surface area contributed by atoms with E-state index in [0.29, 0.717) is 24.4 Å². The molecule has 36 heavy (non-hydrogen) atoms. The molecule has 5 rings (SSSR count). The minimum atomic E-state index is -0.463. The second-order valence-corrected chi connectivity index (χ2v) is 8.76. The van der Waals surface area contributed by atoms with Crippen molar-refractivity contribution in [2.45, 2.75) is 33.9 Å². The highest BCUT2D eigenvalue weighted by Crippen LogP contribution is 2.19. The zero-order valence-corrected chi connectivity index (χ0v) is 20.5. The maximum atomic E-state index is 13.5. The molecule has 5 aromatic rings. The summed E-state index contributed by atoms with van der Waals surface area (Å²) < 4.78 is 8.79. The normalized spacial score (nSPS) is 11.2. The first kappa shape index (κ1) is 23.3. The molecule has 3 aromatic carbocycles. The SMILES string of the molecule is CCOc1ccccc1CNC(=O)c1nc2c(=O)n(Cc3ccc(C)cc3)c3cc(C)ccc3n2n1. The number of ether oxygens (including phenoxy) is 1. The number of carbonyl (C=O) groups is 1. The Bertz CT molecular complexity index is 1630. The molecule has 2 heterocycles. The van der Waals surface area contributed by atoms with Crippen LogP contribution in [0, 0.1) is 13.8 Å². The van der Waals surface area contributed by atoms with Gasteiger partial charge >= 0.3 is 0 Å². The van der Waals surface area contributed by atoms with E-state index in [1.807, 2.05) is 87.5 Å². The van der Waals surface area contributed by atoms with Gasteiger partial charge in [-0.05, 0) is 50.1 Å². The Morgan fingerprint density at radius 1 is 0.972 bits per heavy atom. The molecule has 1 amide bonds. The van der Waals surface area contributed by atoms with Gasteiger partial charge in [0.05, 0.1) is 24.2 Å². The molecule has 0 aliphatic carbocycles. The molecule has 0 unspecified atom stereocenters. The molecule has 0 bridgehead atoms. The molecule has 1 N–H and O–H groups in total. The van der Waals surface area contributed by atoms with Crippen LogP contribution < -0.4 is 15.6 Å². The average Bonchev–Trinajstić information content (AvgIpc) is 3.33. The number of carbonyl (C=O) groups excluding carboxylic acids is 1. The minimum absolute atomic E-state index is 0.0593. The topological polar surface area (TPSA) is 90.5 Å². The number of hydrogen-bond donors (Lipinski definition) is 1. The third-order valence-corrected chi connectivity index (χ3v) is 6.07. The molecule has 0 saturated heterocycles. The summed E-state index contributed by atoms with van der Waals surface area (Å²) >= 11 is 0. The van der Waals surface area contributed by atoms with Gasteiger partial charge in [-0.25, -0.2) is 4.52 Å². The van der Waals surface area contributed by atoms with Crippen molar-refractivity contribution in [3.8, 4) is 5.75 Å². The lowest BCUT2D eigenvalue weighted by molar-refractivity contribution is 0.0940. The second-order valence-electron chi connectivity index (χ2n) is 8.76. The van der Waals surface area contributed by atoms with Crippen LogP contribution in [-0.4, -0.2) is 31.7 Å². The highest BCUT2D eigenvalue weighted by Gasteiger charge is 2.19. The number of aromatic nitrogens is 4. The van der Waals surface area contributed by atoms with Crippen molar-refractivity contribution >= 4 is 22.6 Å². The molecule has 182 valence electrons. The Morgan fingerprint density at radius 2 is 1.72 bits per heavy atom. The Kier molecular flexibility index (Phi) is 6.25. The summed E-state index contributed by atoms with van der Waals surface area (Å²) in [5.41, 5.74) is 5.26. The van der Waals surface area contributed by atoms with Gasteiger partial charge in [0.25, 0.3) is 11.5 Å². The monoisotopic (exact) mass is 481 g/mol. The standard InChI is InChI=1S/C28H27N5O3/c1-4-36-24-8-6-5-7-21(24)16-29-27(34)25-30-26-28(35)32(17-20-12-9-18(2)10-13-20)23-15-19(3)11-14-22(23)33(26)31-25/h5-15H,4,16-17H2,1-3H3,(H,29,34). The van der Waals surface area contributed by atoms with Crippen LogP contribution in [0.15, 0.2) is 71.5 Å². The van der Waals surface area contributed by atoms with E-state index in [0.717, 1.165) is 27.8 Å².